The minimum atomic E-state index is -0.755. The van der Waals surface area contributed by atoms with Crippen LogP contribution in [-0.4, -0.2) is 83.1 Å². The van der Waals surface area contributed by atoms with Crippen LogP contribution in [0.3, 0.4) is 0 Å². The van der Waals surface area contributed by atoms with E-state index in [-0.39, 0.29) is 12.3 Å². The molecule has 1 saturated heterocycles. The quantitative estimate of drug-likeness (QED) is 0.566. The summed E-state index contributed by atoms with van der Waals surface area (Å²) in [5.74, 6) is -0.838. The van der Waals surface area contributed by atoms with E-state index >= 15 is 0 Å². The van der Waals surface area contributed by atoms with Gasteiger partial charge in [-0.15, -0.1) is 0 Å². The Hall–Kier alpha value is -3.95. The molecule has 2 aromatic carbocycles. The van der Waals surface area contributed by atoms with Gasteiger partial charge in [-0.2, -0.15) is 5.10 Å². The molecule has 2 aliphatic heterocycles. The maximum Gasteiger partial charge on any atom is 0.328 e. The van der Waals surface area contributed by atoms with Crippen LogP contribution in [0.15, 0.2) is 46.5 Å². The summed E-state index contributed by atoms with van der Waals surface area (Å²) in [7, 11) is 2.96. The van der Waals surface area contributed by atoms with Crippen molar-refractivity contribution in [1.82, 2.24) is 20.1 Å². The second-order valence-corrected chi connectivity index (χ2v) is 7.10. The molecule has 0 radical (unpaired) electrons. The van der Waals surface area contributed by atoms with Crippen LogP contribution in [-0.2, 0) is 9.59 Å². The summed E-state index contributed by atoms with van der Waals surface area (Å²) < 4.78 is 0. The number of benzene rings is 2. The highest BCUT2D eigenvalue weighted by atomic mass is 16.3. The number of urea groups is 1. The first-order valence-electron chi connectivity index (χ1n) is 9.24. The van der Waals surface area contributed by atoms with Crippen molar-refractivity contribution >= 4 is 41.2 Å². The standard InChI is InChI=1S/C20H20N6O4/c1-24-18-17(19(29)25(2)20(24)30)26(11-21-18)10-16(28)23-22-9-14-13-6-4-3-5-12(13)7-8-15(14)27/h3-9,11,17-18,27H,10H2,1-2H3,(H,23,28)/b22-9+. The van der Waals surface area contributed by atoms with Gasteiger partial charge in [0.25, 0.3) is 11.8 Å². The van der Waals surface area contributed by atoms with E-state index < -0.39 is 30.1 Å². The van der Waals surface area contributed by atoms with Crippen molar-refractivity contribution < 1.29 is 19.5 Å². The Morgan fingerprint density at radius 3 is 2.80 bits per heavy atom. The fourth-order valence-electron chi connectivity index (χ4n) is 3.63. The van der Waals surface area contributed by atoms with Crippen LogP contribution in [0, 0.1) is 0 Å². The number of rotatable bonds is 4. The number of hydrazone groups is 1. The van der Waals surface area contributed by atoms with E-state index in [4.69, 9.17) is 0 Å². The van der Waals surface area contributed by atoms with Gasteiger partial charge >= 0.3 is 6.03 Å². The SMILES string of the molecule is CN1C(=O)C2C(N=CN2CC(=O)N/N=C/c2c(O)ccc3ccccc23)N(C)C1=O. The van der Waals surface area contributed by atoms with Gasteiger partial charge in [-0.3, -0.25) is 14.5 Å². The maximum absolute atomic E-state index is 12.5. The minimum Gasteiger partial charge on any atom is -0.507 e. The van der Waals surface area contributed by atoms with Crippen LogP contribution in [0.25, 0.3) is 10.8 Å². The zero-order chi connectivity index (χ0) is 21.4. The average Bonchev–Trinajstić information content (AvgIpc) is 3.16. The number of nitrogens with zero attached hydrogens (tertiary/aromatic N) is 5. The van der Waals surface area contributed by atoms with Crippen LogP contribution in [0.4, 0.5) is 4.79 Å². The minimum absolute atomic E-state index is 0.0461. The maximum atomic E-state index is 12.5. The Morgan fingerprint density at radius 2 is 2.00 bits per heavy atom. The summed E-state index contributed by atoms with van der Waals surface area (Å²) in [4.78, 5) is 44.9. The number of likely N-dealkylation sites (N-methyl/N-ethyl adjacent to an activating group) is 2. The summed E-state index contributed by atoms with van der Waals surface area (Å²) >= 11 is 0. The van der Waals surface area contributed by atoms with Gasteiger partial charge in [0.05, 0.1) is 12.6 Å². The average molecular weight is 408 g/mol. The number of imide groups is 1. The first-order valence-corrected chi connectivity index (χ1v) is 9.24. The molecule has 0 aliphatic carbocycles. The Labute approximate surface area is 172 Å². The molecule has 4 amide bonds. The number of nitrogens with one attached hydrogen (secondary N) is 1. The zero-order valence-electron chi connectivity index (χ0n) is 16.4. The van der Waals surface area contributed by atoms with Crippen molar-refractivity contribution in [1.29, 1.82) is 0 Å². The van der Waals surface area contributed by atoms with Crippen LogP contribution >= 0.6 is 0 Å². The van der Waals surface area contributed by atoms with E-state index in [2.05, 4.69) is 15.5 Å². The molecule has 0 aromatic heterocycles. The molecule has 2 aromatic rings. The van der Waals surface area contributed by atoms with Crippen molar-refractivity contribution in [2.45, 2.75) is 12.2 Å². The van der Waals surface area contributed by atoms with Crippen molar-refractivity contribution in [3.8, 4) is 5.75 Å². The lowest BCUT2D eigenvalue weighted by Crippen LogP contribution is -2.64. The van der Waals surface area contributed by atoms with Crippen LogP contribution < -0.4 is 5.43 Å². The molecule has 0 spiro atoms. The summed E-state index contributed by atoms with van der Waals surface area (Å²) in [6.45, 7) is -0.162. The summed E-state index contributed by atoms with van der Waals surface area (Å²) in [6, 6.07) is 9.66. The Kier molecular flexibility index (Phi) is 4.82. The highest BCUT2D eigenvalue weighted by Crippen LogP contribution is 2.26. The highest BCUT2D eigenvalue weighted by Gasteiger charge is 2.48. The van der Waals surface area contributed by atoms with E-state index in [9.17, 15) is 19.5 Å². The fourth-order valence-corrected chi connectivity index (χ4v) is 3.63. The molecule has 10 nitrogen and oxygen atoms in total. The lowest BCUT2D eigenvalue weighted by molar-refractivity contribution is -0.136. The predicted molar refractivity (Wildman–Crippen MR) is 110 cm³/mol. The molecule has 2 heterocycles. The Bertz CT molecular complexity index is 1100. The van der Waals surface area contributed by atoms with Crippen molar-refractivity contribution in [2.24, 2.45) is 10.1 Å². The lowest BCUT2D eigenvalue weighted by Gasteiger charge is -2.39. The number of amides is 4. The van der Waals surface area contributed by atoms with Crippen molar-refractivity contribution in [2.75, 3.05) is 20.6 Å². The molecule has 4 rings (SSSR count). The number of hydrogen-bond donors (Lipinski definition) is 2. The molecular weight excluding hydrogens is 388 g/mol. The number of phenols is 1. The first-order chi connectivity index (χ1) is 14.4. The number of fused-ring (bicyclic) bond motifs is 2. The predicted octanol–water partition coefficient (Wildman–Crippen LogP) is 0.558. The number of phenolic OH excluding ortho intramolecular Hbond substituents is 1. The van der Waals surface area contributed by atoms with E-state index in [0.29, 0.717) is 5.56 Å². The molecule has 2 atom stereocenters. The zero-order valence-corrected chi connectivity index (χ0v) is 16.4. The van der Waals surface area contributed by atoms with Gasteiger partial charge in [0.15, 0.2) is 12.2 Å². The smallest absolute Gasteiger partial charge is 0.328 e. The Balaban J connectivity index is 1.44. The Morgan fingerprint density at radius 1 is 1.23 bits per heavy atom. The van der Waals surface area contributed by atoms with Gasteiger partial charge in [-0.25, -0.2) is 15.2 Å². The number of carbonyl (C=O) groups is 3. The second-order valence-electron chi connectivity index (χ2n) is 7.10. The monoisotopic (exact) mass is 408 g/mol. The van der Waals surface area contributed by atoms with Gasteiger partial charge in [0.1, 0.15) is 12.3 Å². The molecule has 0 bridgehead atoms. The number of hydrogen-bond acceptors (Lipinski definition) is 7. The topological polar surface area (TPSA) is 118 Å². The van der Waals surface area contributed by atoms with Gasteiger partial charge in [-0.05, 0) is 16.8 Å². The number of aliphatic imine (C=N–C) groups is 1. The largest absolute Gasteiger partial charge is 0.507 e. The normalized spacial score (nSPS) is 21.1. The van der Waals surface area contributed by atoms with E-state index in [1.54, 1.807) is 19.2 Å². The molecule has 2 aliphatic rings. The highest BCUT2D eigenvalue weighted by molar-refractivity contribution is 6.03. The fraction of sp³-hybridized carbons (Fsp3) is 0.250. The summed E-state index contributed by atoms with van der Waals surface area (Å²) in [5.41, 5.74) is 2.89. The van der Waals surface area contributed by atoms with Crippen molar-refractivity contribution in [3.05, 3.63) is 42.0 Å². The van der Waals surface area contributed by atoms with E-state index in [0.717, 1.165) is 15.7 Å². The van der Waals surface area contributed by atoms with Crippen LogP contribution in [0.5, 0.6) is 5.75 Å². The van der Waals surface area contributed by atoms with Gasteiger partial charge in [0.2, 0.25) is 0 Å². The third kappa shape index (κ3) is 3.21. The van der Waals surface area contributed by atoms with Crippen molar-refractivity contribution in [3.63, 3.8) is 0 Å². The van der Waals surface area contributed by atoms with Gasteiger partial charge in [-0.1, -0.05) is 30.3 Å². The third-order valence-electron chi connectivity index (χ3n) is 5.23. The van der Waals surface area contributed by atoms with Gasteiger partial charge in [0, 0.05) is 19.7 Å². The molecule has 2 N–H and O–H groups in total. The van der Waals surface area contributed by atoms with Crippen LogP contribution in [0.2, 0.25) is 0 Å². The van der Waals surface area contributed by atoms with E-state index in [1.807, 2.05) is 24.3 Å². The molecule has 1 fully saturated rings. The molecule has 0 saturated carbocycles. The number of aromatic hydroxyl groups is 1. The molecular formula is C20H20N6O4. The van der Waals surface area contributed by atoms with Crippen LogP contribution in [0.1, 0.15) is 5.56 Å². The summed E-state index contributed by atoms with van der Waals surface area (Å²) in [5, 5.41) is 15.8. The third-order valence-corrected chi connectivity index (χ3v) is 5.23. The molecule has 10 heteroatoms. The van der Waals surface area contributed by atoms with Gasteiger partial charge < -0.3 is 14.9 Å². The molecule has 30 heavy (non-hydrogen) atoms. The summed E-state index contributed by atoms with van der Waals surface area (Å²) in [6.07, 6.45) is 2.11. The first kappa shape index (κ1) is 19.4. The lowest BCUT2D eigenvalue weighted by atomic mass is 10.0. The second kappa shape index (κ2) is 7.47. The molecule has 154 valence electrons. The molecule has 2 unspecified atom stereocenters. The van der Waals surface area contributed by atoms with E-state index in [1.165, 1.54) is 29.4 Å². The number of carbonyl (C=O) groups excluding carboxylic acids is 3.